The third-order valence-corrected chi connectivity index (χ3v) is 3.24. The maximum absolute atomic E-state index is 10.8. The first-order chi connectivity index (χ1) is 10.6. The minimum atomic E-state index is -1.13. The standard InChI is InChI=1S/C16H15NO5/c1-20-13-5-3-10(8-15(13)21-2)11(9-17)7-12-4-6-14(22-12)16(18)19/h3-6,8,11H,7H2,1-2H3,(H,18,19). The van der Waals surface area contributed by atoms with E-state index in [0.29, 0.717) is 17.3 Å². The number of nitriles is 1. The Hall–Kier alpha value is -2.94. The van der Waals surface area contributed by atoms with E-state index in [0.717, 1.165) is 5.56 Å². The number of carbonyl (C=O) groups is 1. The quantitative estimate of drug-likeness (QED) is 0.882. The highest BCUT2D eigenvalue weighted by molar-refractivity contribution is 5.84. The lowest BCUT2D eigenvalue weighted by atomic mass is 9.95. The van der Waals surface area contributed by atoms with Crippen molar-refractivity contribution in [2.45, 2.75) is 12.3 Å². The summed E-state index contributed by atoms with van der Waals surface area (Å²) < 4.78 is 15.6. The monoisotopic (exact) mass is 301 g/mol. The van der Waals surface area contributed by atoms with Gasteiger partial charge in [0.1, 0.15) is 5.76 Å². The second kappa shape index (κ2) is 6.68. The van der Waals surface area contributed by atoms with E-state index in [9.17, 15) is 10.1 Å². The van der Waals surface area contributed by atoms with Crippen LogP contribution < -0.4 is 9.47 Å². The maximum Gasteiger partial charge on any atom is 0.371 e. The van der Waals surface area contributed by atoms with Crippen LogP contribution in [0, 0.1) is 11.3 Å². The number of hydrogen-bond acceptors (Lipinski definition) is 5. The molecule has 0 bridgehead atoms. The van der Waals surface area contributed by atoms with Crippen molar-refractivity contribution in [3.63, 3.8) is 0 Å². The Bertz CT molecular complexity index is 714. The number of rotatable bonds is 6. The van der Waals surface area contributed by atoms with E-state index < -0.39 is 11.9 Å². The fourth-order valence-electron chi connectivity index (χ4n) is 2.11. The van der Waals surface area contributed by atoms with Gasteiger partial charge in [0.05, 0.1) is 26.2 Å². The summed E-state index contributed by atoms with van der Waals surface area (Å²) in [5.41, 5.74) is 0.744. The van der Waals surface area contributed by atoms with E-state index in [-0.39, 0.29) is 12.2 Å². The van der Waals surface area contributed by atoms with Crippen LogP contribution in [-0.2, 0) is 6.42 Å². The molecule has 6 nitrogen and oxygen atoms in total. The Morgan fingerprint density at radius 3 is 2.55 bits per heavy atom. The van der Waals surface area contributed by atoms with E-state index in [1.54, 1.807) is 24.3 Å². The van der Waals surface area contributed by atoms with Crippen LogP contribution in [0.5, 0.6) is 11.5 Å². The Labute approximate surface area is 127 Å². The Morgan fingerprint density at radius 1 is 1.27 bits per heavy atom. The number of carboxylic acid groups (broad SMARTS) is 1. The number of ether oxygens (including phenoxy) is 2. The lowest BCUT2D eigenvalue weighted by molar-refractivity contribution is 0.0660. The third kappa shape index (κ3) is 3.20. The number of benzene rings is 1. The highest BCUT2D eigenvalue weighted by Gasteiger charge is 2.17. The smallest absolute Gasteiger partial charge is 0.371 e. The van der Waals surface area contributed by atoms with Gasteiger partial charge >= 0.3 is 5.97 Å². The molecule has 6 heteroatoms. The molecule has 1 unspecified atom stereocenters. The van der Waals surface area contributed by atoms with Crippen molar-refractivity contribution in [2.24, 2.45) is 0 Å². The highest BCUT2D eigenvalue weighted by Crippen LogP contribution is 2.31. The van der Waals surface area contributed by atoms with Gasteiger partial charge in [-0.3, -0.25) is 0 Å². The van der Waals surface area contributed by atoms with Crippen molar-refractivity contribution in [1.29, 1.82) is 5.26 Å². The van der Waals surface area contributed by atoms with Crippen LogP contribution in [0.4, 0.5) is 0 Å². The Morgan fingerprint density at radius 2 is 2.00 bits per heavy atom. The molecule has 1 aromatic carbocycles. The van der Waals surface area contributed by atoms with Crippen molar-refractivity contribution in [2.75, 3.05) is 14.2 Å². The molecule has 114 valence electrons. The molecule has 0 spiro atoms. The molecule has 22 heavy (non-hydrogen) atoms. The van der Waals surface area contributed by atoms with Crippen molar-refractivity contribution in [1.82, 2.24) is 0 Å². The van der Waals surface area contributed by atoms with E-state index >= 15 is 0 Å². The van der Waals surface area contributed by atoms with Crippen molar-refractivity contribution < 1.29 is 23.8 Å². The van der Waals surface area contributed by atoms with E-state index in [1.165, 1.54) is 20.3 Å². The molecule has 0 fully saturated rings. The molecular formula is C16H15NO5. The molecule has 1 aromatic heterocycles. The van der Waals surface area contributed by atoms with Gasteiger partial charge in [-0.1, -0.05) is 6.07 Å². The zero-order valence-electron chi connectivity index (χ0n) is 12.2. The molecule has 0 saturated carbocycles. The molecule has 1 heterocycles. The molecule has 0 amide bonds. The summed E-state index contributed by atoms with van der Waals surface area (Å²) in [4.78, 5) is 10.8. The highest BCUT2D eigenvalue weighted by atomic mass is 16.5. The van der Waals surface area contributed by atoms with Gasteiger partial charge in [-0.05, 0) is 29.8 Å². The predicted octanol–water partition coefficient (Wildman–Crippen LogP) is 2.84. The van der Waals surface area contributed by atoms with Crippen LogP contribution in [0.25, 0.3) is 0 Å². The Balaban J connectivity index is 2.24. The minimum absolute atomic E-state index is 0.140. The summed E-state index contributed by atoms with van der Waals surface area (Å²) >= 11 is 0. The first kappa shape index (κ1) is 15.4. The molecule has 2 rings (SSSR count). The van der Waals surface area contributed by atoms with Crippen molar-refractivity contribution in [3.05, 3.63) is 47.4 Å². The van der Waals surface area contributed by atoms with Gasteiger partial charge < -0.3 is 19.0 Å². The van der Waals surface area contributed by atoms with Gasteiger partial charge in [-0.25, -0.2) is 4.79 Å². The number of hydrogen-bond donors (Lipinski definition) is 1. The lowest BCUT2D eigenvalue weighted by Crippen LogP contribution is -2.01. The summed E-state index contributed by atoms with van der Waals surface area (Å²) in [6, 6.07) is 10.4. The molecule has 0 radical (unpaired) electrons. The molecule has 1 atom stereocenters. The summed E-state index contributed by atoms with van der Waals surface area (Å²) in [5.74, 6) is -0.198. The van der Waals surface area contributed by atoms with Crippen LogP contribution in [0.15, 0.2) is 34.7 Å². The largest absolute Gasteiger partial charge is 0.493 e. The van der Waals surface area contributed by atoms with E-state index in [2.05, 4.69) is 6.07 Å². The van der Waals surface area contributed by atoms with Crippen LogP contribution in [0.3, 0.4) is 0 Å². The minimum Gasteiger partial charge on any atom is -0.493 e. The second-order valence-corrected chi connectivity index (χ2v) is 4.57. The second-order valence-electron chi connectivity index (χ2n) is 4.57. The Kier molecular flexibility index (Phi) is 4.69. The number of furan rings is 1. The maximum atomic E-state index is 10.8. The fraction of sp³-hybridized carbons (Fsp3) is 0.250. The molecule has 1 N–H and O–H groups in total. The average Bonchev–Trinajstić information content (AvgIpc) is 3.00. The topological polar surface area (TPSA) is 92.7 Å². The normalized spacial score (nSPS) is 11.5. The van der Waals surface area contributed by atoms with Crippen molar-refractivity contribution in [3.8, 4) is 17.6 Å². The number of aromatic carboxylic acids is 1. The number of methoxy groups -OCH3 is 2. The molecule has 0 aliphatic rings. The first-order valence-electron chi connectivity index (χ1n) is 6.52. The SMILES string of the molecule is COc1ccc(C(C#N)Cc2ccc(C(=O)O)o2)cc1OC. The van der Waals surface area contributed by atoms with Gasteiger partial charge in [0.15, 0.2) is 11.5 Å². The van der Waals surface area contributed by atoms with Crippen molar-refractivity contribution >= 4 is 5.97 Å². The summed E-state index contributed by atoms with van der Waals surface area (Å²) in [5, 5.41) is 18.2. The number of carboxylic acids is 1. The molecule has 0 aliphatic carbocycles. The first-order valence-corrected chi connectivity index (χ1v) is 6.52. The van der Waals surface area contributed by atoms with Gasteiger partial charge in [0.25, 0.3) is 0 Å². The zero-order chi connectivity index (χ0) is 16.1. The molecule has 2 aromatic rings. The fourth-order valence-corrected chi connectivity index (χ4v) is 2.11. The van der Waals surface area contributed by atoms with E-state index in [1.807, 2.05) is 0 Å². The van der Waals surface area contributed by atoms with Gasteiger partial charge in [0, 0.05) is 6.42 Å². The van der Waals surface area contributed by atoms with Gasteiger partial charge in [-0.15, -0.1) is 0 Å². The van der Waals surface area contributed by atoms with Crippen LogP contribution in [0.2, 0.25) is 0 Å². The zero-order valence-corrected chi connectivity index (χ0v) is 12.2. The van der Waals surface area contributed by atoms with Crippen LogP contribution in [-0.4, -0.2) is 25.3 Å². The summed E-state index contributed by atoms with van der Waals surface area (Å²) in [7, 11) is 3.06. The molecular weight excluding hydrogens is 286 g/mol. The van der Waals surface area contributed by atoms with Crippen LogP contribution >= 0.6 is 0 Å². The number of nitrogens with zero attached hydrogens (tertiary/aromatic N) is 1. The van der Waals surface area contributed by atoms with Gasteiger partial charge in [0.2, 0.25) is 5.76 Å². The molecule has 0 aliphatic heterocycles. The van der Waals surface area contributed by atoms with Gasteiger partial charge in [-0.2, -0.15) is 5.26 Å². The van der Waals surface area contributed by atoms with E-state index in [4.69, 9.17) is 19.0 Å². The molecule has 0 saturated heterocycles. The predicted molar refractivity (Wildman–Crippen MR) is 77.3 cm³/mol. The summed E-state index contributed by atoms with van der Waals surface area (Å²) in [6.07, 6.45) is 0.277. The third-order valence-electron chi connectivity index (χ3n) is 3.24. The average molecular weight is 301 g/mol. The summed E-state index contributed by atoms with van der Waals surface area (Å²) in [6.45, 7) is 0. The van der Waals surface area contributed by atoms with Crippen LogP contribution in [0.1, 0.15) is 27.8 Å². The lowest BCUT2D eigenvalue weighted by Gasteiger charge is -2.12.